The molecular weight excluding hydrogens is 188 g/mol. The van der Waals surface area contributed by atoms with E-state index in [1.54, 1.807) is 0 Å². The maximum atomic E-state index is 10.5. The fraction of sp³-hybridized carbons (Fsp3) is 0.889. The van der Waals surface area contributed by atoms with Crippen LogP contribution in [0.15, 0.2) is 0 Å². The number of aliphatic hydroxyl groups is 2. The number of aliphatic hydroxyl groups excluding tert-OH is 2. The van der Waals surface area contributed by atoms with Crippen molar-refractivity contribution in [2.24, 2.45) is 5.92 Å². The monoisotopic (exact) mass is 206 g/mol. The third-order valence-electron chi connectivity index (χ3n) is 1.76. The first-order chi connectivity index (χ1) is 6.70. The minimum atomic E-state index is -0.521. The first-order valence-electron chi connectivity index (χ1n) is 4.72. The largest absolute Gasteiger partial charge is 0.508 e. The van der Waals surface area contributed by atoms with E-state index in [0.29, 0.717) is 19.1 Å². The molecular formula is C9H18O5. The van der Waals surface area contributed by atoms with Crippen LogP contribution in [0.3, 0.4) is 0 Å². The molecule has 5 nitrogen and oxygen atoms in total. The molecule has 2 N–H and O–H groups in total. The van der Waals surface area contributed by atoms with Crippen molar-refractivity contribution in [3.8, 4) is 0 Å². The number of carbonyl (C=O) groups is 1. The van der Waals surface area contributed by atoms with Crippen LogP contribution >= 0.6 is 0 Å². The van der Waals surface area contributed by atoms with Crippen molar-refractivity contribution in [3.05, 3.63) is 0 Å². The molecule has 1 aliphatic heterocycles. The van der Waals surface area contributed by atoms with Crippen LogP contribution in [-0.4, -0.2) is 42.8 Å². The Labute approximate surface area is 83.6 Å². The van der Waals surface area contributed by atoms with Gasteiger partial charge >= 0.3 is 6.16 Å². The van der Waals surface area contributed by atoms with Crippen molar-refractivity contribution >= 4 is 6.16 Å². The van der Waals surface area contributed by atoms with Gasteiger partial charge in [0.25, 0.3) is 0 Å². The van der Waals surface area contributed by atoms with Gasteiger partial charge in [-0.3, -0.25) is 0 Å². The summed E-state index contributed by atoms with van der Waals surface area (Å²) in [7, 11) is 0. The summed E-state index contributed by atoms with van der Waals surface area (Å²) >= 11 is 0. The van der Waals surface area contributed by atoms with E-state index in [0.717, 1.165) is 12.8 Å². The van der Waals surface area contributed by atoms with Crippen LogP contribution in [0.5, 0.6) is 0 Å². The van der Waals surface area contributed by atoms with Gasteiger partial charge in [0, 0.05) is 0 Å². The summed E-state index contributed by atoms with van der Waals surface area (Å²) in [4.78, 5) is 10.5. The van der Waals surface area contributed by atoms with E-state index in [9.17, 15) is 4.79 Å². The lowest BCUT2D eigenvalue weighted by Gasteiger charge is -2.15. The van der Waals surface area contributed by atoms with Crippen LogP contribution in [0, 0.1) is 5.92 Å². The molecule has 0 atom stereocenters. The Hall–Kier alpha value is -0.810. The minimum Gasteiger partial charge on any atom is -0.434 e. The first-order valence-corrected chi connectivity index (χ1v) is 4.72. The molecule has 0 radical (unpaired) electrons. The van der Waals surface area contributed by atoms with Crippen molar-refractivity contribution < 1.29 is 24.5 Å². The molecule has 5 heteroatoms. The standard InChI is InChI=1S/C7H12O3.C2H6O2/c1-6-2-4-9-7(8)10-5-3-6;3-1-2-4/h6H,2-5H2,1H3;3-4H,1-2H2. The molecule has 1 saturated heterocycles. The lowest BCUT2D eigenvalue weighted by molar-refractivity contribution is 0.0350. The van der Waals surface area contributed by atoms with Gasteiger partial charge < -0.3 is 19.7 Å². The summed E-state index contributed by atoms with van der Waals surface area (Å²) in [5, 5.41) is 15.2. The van der Waals surface area contributed by atoms with E-state index in [-0.39, 0.29) is 13.2 Å². The average molecular weight is 206 g/mol. The molecule has 0 aromatic carbocycles. The Bertz CT molecular complexity index is 134. The molecule has 0 unspecified atom stereocenters. The summed E-state index contributed by atoms with van der Waals surface area (Å²) in [6.45, 7) is 2.88. The number of carbonyl (C=O) groups excluding carboxylic acids is 1. The zero-order valence-electron chi connectivity index (χ0n) is 8.44. The number of hydrogen-bond acceptors (Lipinski definition) is 5. The minimum absolute atomic E-state index is 0.125. The van der Waals surface area contributed by atoms with E-state index >= 15 is 0 Å². The Morgan fingerprint density at radius 1 is 1.21 bits per heavy atom. The van der Waals surface area contributed by atoms with Crippen LogP contribution in [0.25, 0.3) is 0 Å². The van der Waals surface area contributed by atoms with Gasteiger partial charge in [0.15, 0.2) is 0 Å². The van der Waals surface area contributed by atoms with E-state index in [1.165, 1.54) is 0 Å². The molecule has 1 rings (SSSR count). The van der Waals surface area contributed by atoms with Crippen LogP contribution in [-0.2, 0) is 9.47 Å². The van der Waals surface area contributed by atoms with Gasteiger partial charge in [0.1, 0.15) is 0 Å². The Morgan fingerprint density at radius 2 is 1.64 bits per heavy atom. The summed E-state index contributed by atoms with van der Waals surface area (Å²) in [6, 6.07) is 0. The topological polar surface area (TPSA) is 76.0 Å². The second-order valence-electron chi connectivity index (χ2n) is 3.08. The van der Waals surface area contributed by atoms with Gasteiger partial charge in [-0.1, -0.05) is 6.92 Å². The van der Waals surface area contributed by atoms with Crippen molar-refractivity contribution in [1.29, 1.82) is 0 Å². The summed E-state index contributed by atoms with van der Waals surface area (Å²) in [5.41, 5.74) is 0. The molecule has 14 heavy (non-hydrogen) atoms. The fourth-order valence-electron chi connectivity index (χ4n) is 0.873. The van der Waals surface area contributed by atoms with Crippen molar-refractivity contribution in [2.45, 2.75) is 19.8 Å². The summed E-state index contributed by atoms with van der Waals surface area (Å²) in [5.74, 6) is 0.605. The molecule has 0 aromatic rings. The zero-order valence-corrected chi connectivity index (χ0v) is 8.44. The normalized spacial score (nSPS) is 18.1. The van der Waals surface area contributed by atoms with Crippen molar-refractivity contribution in [3.63, 3.8) is 0 Å². The maximum Gasteiger partial charge on any atom is 0.508 e. The fourth-order valence-corrected chi connectivity index (χ4v) is 0.873. The molecule has 1 heterocycles. The predicted octanol–water partition coefficient (Wildman–Crippen LogP) is 0.540. The van der Waals surface area contributed by atoms with Crippen molar-refractivity contribution in [1.82, 2.24) is 0 Å². The molecule has 1 aliphatic rings. The Morgan fingerprint density at radius 3 is 2.00 bits per heavy atom. The van der Waals surface area contributed by atoms with E-state index in [1.807, 2.05) is 0 Å². The van der Waals surface area contributed by atoms with E-state index in [2.05, 4.69) is 6.92 Å². The summed E-state index contributed by atoms with van der Waals surface area (Å²) in [6.07, 6.45) is 1.39. The first kappa shape index (κ1) is 13.2. The molecule has 1 fully saturated rings. The van der Waals surface area contributed by atoms with Crippen LogP contribution in [0.2, 0.25) is 0 Å². The quantitative estimate of drug-likeness (QED) is 0.612. The van der Waals surface area contributed by atoms with E-state index < -0.39 is 6.16 Å². The molecule has 0 spiro atoms. The molecule has 0 aliphatic carbocycles. The van der Waals surface area contributed by atoms with Crippen LogP contribution in [0.1, 0.15) is 19.8 Å². The average Bonchev–Trinajstić information content (AvgIpc) is 2.15. The SMILES string of the molecule is CC1CCOC(=O)OCC1.OCCO. The van der Waals surface area contributed by atoms with Crippen LogP contribution in [0.4, 0.5) is 4.79 Å². The van der Waals surface area contributed by atoms with E-state index in [4.69, 9.17) is 19.7 Å². The zero-order chi connectivity index (χ0) is 10.8. The smallest absolute Gasteiger partial charge is 0.434 e. The van der Waals surface area contributed by atoms with Gasteiger partial charge in [-0.2, -0.15) is 0 Å². The molecule has 0 bridgehead atoms. The van der Waals surface area contributed by atoms with Gasteiger partial charge in [0.05, 0.1) is 26.4 Å². The lowest BCUT2D eigenvalue weighted by Crippen LogP contribution is -2.16. The molecule has 0 amide bonds. The number of hydrogen-bond donors (Lipinski definition) is 2. The van der Waals surface area contributed by atoms with Crippen molar-refractivity contribution in [2.75, 3.05) is 26.4 Å². The van der Waals surface area contributed by atoms with Gasteiger partial charge in [-0.15, -0.1) is 0 Å². The second kappa shape index (κ2) is 8.77. The molecule has 0 saturated carbocycles. The maximum absolute atomic E-state index is 10.5. The third-order valence-corrected chi connectivity index (χ3v) is 1.76. The van der Waals surface area contributed by atoms with Gasteiger partial charge in [-0.05, 0) is 18.8 Å². The second-order valence-corrected chi connectivity index (χ2v) is 3.08. The number of ether oxygens (including phenoxy) is 2. The van der Waals surface area contributed by atoms with Crippen LogP contribution < -0.4 is 0 Å². The number of rotatable bonds is 1. The highest BCUT2D eigenvalue weighted by Crippen LogP contribution is 2.10. The highest BCUT2D eigenvalue weighted by Gasteiger charge is 2.11. The number of cyclic esters (lactones) is 2. The third kappa shape index (κ3) is 7.82. The van der Waals surface area contributed by atoms with Gasteiger partial charge in [0.2, 0.25) is 0 Å². The molecule has 0 aromatic heterocycles. The van der Waals surface area contributed by atoms with Gasteiger partial charge in [-0.25, -0.2) is 4.79 Å². The Kier molecular flexibility index (Phi) is 8.27. The lowest BCUT2D eigenvalue weighted by atomic mass is 10.1. The highest BCUT2D eigenvalue weighted by atomic mass is 16.7. The summed E-state index contributed by atoms with van der Waals surface area (Å²) < 4.78 is 9.38. The highest BCUT2D eigenvalue weighted by molar-refractivity contribution is 5.59. The predicted molar refractivity (Wildman–Crippen MR) is 49.9 cm³/mol. The molecule has 84 valence electrons. The Balaban J connectivity index is 0.000000364.